The molecule has 2 amide bonds. The summed E-state index contributed by atoms with van der Waals surface area (Å²) in [6.45, 7) is 9.40. The average molecular weight is 262 g/mol. The first-order chi connectivity index (χ1) is 9.22. The van der Waals surface area contributed by atoms with Crippen molar-refractivity contribution in [1.29, 1.82) is 0 Å². The summed E-state index contributed by atoms with van der Waals surface area (Å²) >= 11 is 0. The zero-order chi connectivity index (χ0) is 14.1. The zero-order valence-corrected chi connectivity index (χ0v) is 12.4. The molecule has 3 heteroatoms. The highest BCUT2D eigenvalue weighted by molar-refractivity contribution is 5.74. The van der Waals surface area contributed by atoms with E-state index < -0.39 is 0 Å². The third kappa shape index (κ3) is 4.93. The minimum Gasteiger partial charge on any atom is -0.325 e. The van der Waals surface area contributed by atoms with Gasteiger partial charge in [0.1, 0.15) is 0 Å². The molecule has 0 N–H and O–H groups in total. The Morgan fingerprint density at radius 1 is 0.947 bits per heavy atom. The van der Waals surface area contributed by atoms with Gasteiger partial charge in [0.15, 0.2) is 0 Å². The standard InChI is InChI=1S/C16H26N2O/c1-4-12-18(13-5-2)16(19)17(6-3)14-15-10-8-7-9-11-15/h7-11H,4-6,12-14H2,1-3H3. The molecule has 0 aliphatic heterocycles. The predicted molar refractivity (Wildman–Crippen MR) is 80.1 cm³/mol. The lowest BCUT2D eigenvalue weighted by molar-refractivity contribution is 0.152. The Balaban J connectivity index is 2.69. The largest absolute Gasteiger partial charge is 0.325 e. The Labute approximate surface area is 117 Å². The van der Waals surface area contributed by atoms with E-state index in [2.05, 4.69) is 26.0 Å². The maximum Gasteiger partial charge on any atom is 0.320 e. The van der Waals surface area contributed by atoms with Crippen LogP contribution >= 0.6 is 0 Å². The maximum absolute atomic E-state index is 12.5. The van der Waals surface area contributed by atoms with Crippen LogP contribution in [-0.4, -0.2) is 35.5 Å². The molecule has 0 radical (unpaired) electrons. The van der Waals surface area contributed by atoms with Crippen LogP contribution < -0.4 is 0 Å². The van der Waals surface area contributed by atoms with Crippen molar-refractivity contribution in [3.05, 3.63) is 35.9 Å². The summed E-state index contributed by atoms with van der Waals surface area (Å²) in [6, 6.07) is 10.3. The van der Waals surface area contributed by atoms with Gasteiger partial charge in [-0.3, -0.25) is 0 Å². The number of hydrogen-bond donors (Lipinski definition) is 0. The molecule has 0 aliphatic rings. The molecule has 19 heavy (non-hydrogen) atoms. The predicted octanol–water partition coefficient (Wildman–Crippen LogP) is 3.75. The molecule has 0 bridgehead atoms. The molecular weight excluding hydrogens is 236 g/mol. The topological polar surface area (TPSA) is 23.6 Å². The molecule has 0 aliphatic carbocycles. The lowest BCUT2D eigenvalue weighted by Gasteiger charge is -2.29. The lowest BCUT2D eigenvalue weighted by Crippen LogP contribution is -2.43. The molecule has 0 unspecified atom stereocenters. The number of carbonyl (C=O) groups excluding carboxylic acids is 1. The van der Waals surface area contributed by atoms with Crippen molar-refractivity contribution in [1.82, 2.24) is 9.80 Å². The number of hydrogen-bond acceptors (Lipinski definition) is 1. The van der Waals surface area contributed by atoms with E-state index in [1.165, 1.54) is 5.56 Å². The summed E-state index contributed by atoms with van der Waals surface area (Å²) in [4.78, 5) is 16.4. The van der Waals surface area contributed by atoms with Crippen LogP contribution in [0.15, 0.2) is 30.3 Å². The number of amides is 2. The number of carbonyl (C=O) groups is 1. The molecule has 0 saturated carbocycles. The van der Waals surface area contributed by atoms with E-state index in [-0.39, 0.29) is 6.03 Å². The Bertz CT molecular complexity index is 358. The summed E-state index contributed by atoms with van der Waals surface area (Å²) in [5.74, 6) is 0. The number of benzene rings is 1. The Morgan fingerprint density at radius 2 is 1.53 bits per heavy atom. The van der Waals surface area contributed by atoms with E-state index in [0.29, 0.717) is 6.54 Å². The Morgan fingerprint density at radius 3 is 2.00 bits per heavy atom. The molecule has 0 saturated heterocycles. The second kappa shape index (κ2) is 8.57. The first-order valence-electron chi connectivity index (χ1n) is 7.30. The van der Waals surface area contributed by atoms with Gasteiger partial charge < -0.3 is 9.80 Å². The zero-order valence-electron chi connectivity index (χ0n) is 12.4. The minimum absolute atomic E-state index is 0.162. The second-order valence-corrected chi connectivity index (χ2v) is 4.77. The smallest absolute Gasteiger partial charge is 0.320 e. The molecule has 1 aromatic carbocycles. The van der Waals surface area contributed by atoms with Gasteiger partial charge in [0, 0.05) is 26.2 Å². The van der Waals surface area contributed by atoms with E-state index in [1.807, 2.05) is 34.9 Å². The SMILES string of the molecule is CCCN(CCC)C(=O)N(CC)Cc1ccccc1. The molecule has 1 rings (SSSR count). The van der Waals surface area contributed by atoms with Crippen molar-refractivity contribution < 1.29 is 4.79 Å². The van der Waals surface area contributed by atoms with Gasteiger partial charge in [0.2, 0.25) is 0 Å². The molecule has 0 spiro atoms. The van der Waals surface area contributed by atoms with Crippen molar-refractivity contribution >= 4 is 6.03 Å². The summed E-state index contributed by atoms with van der Waals surface area (Å²) in [7, 11) is 0. The summed E-state index contributed by atoms with van der Waals surface area (Å²) in [6.07, 6.45) is 2.02. The molecule has 0 heterocycles. The van der Waals surface area contributed by atoms with Crippen molar-refractivity contribution in [2.45, 2.75) is 40.2 Å². The molecule has 106 valence electrons. The number of nitrogens with zero attached hydrogens (tertiary/aromatic N) is 2. The highest BCUT2D eigenvalue weighted by atomic mass is 16.2. The lowest BCUT2D eigenvalue weighted by atomic mass is 10.2. The Kier molecular flexibility index (Phi) is 7.01. The van der Waals surface area contributed by atoms with Crippen molar-refractivity contribution in [2.75, 3.05) is 19.6 Å². The van der Waals surface area contributed by atoms with Gasteiger partial charge in [-0.05, 0) is 25.3 Å². The van der Waals surface area contributed by atoms with Gasteiger partial charge in [0.25, 0.3) is 0 Å². The normalized spacial score (nSPS) is 10.3. The van der Waals surface area contributed by atoms with Gasteiger partial charge in [0.05, 0.1) is 0 Å². The van der Waals surface area contributed by atoms with Crippen molar-refractivity contribution in [2.24, 2.45) is 0 Å². The average Bonchev–Trinajstić information content (AvgIpc) is 2.45. The second-order valence-electron chi connectivity index (χ2n) is 4.77. The highest BCUT2D eigenvalue weighted by Gasteiger charge is 2.18. The van der Waals surface area contributed by atoms with Gasteiger partial charge in [-0.25, -0.2) is 4.79 Å². The molecule has 3 nitrogen and oxygen atoms in total. The van der Waals surface area contributed by atoms with Crippen LogP contribution in [0, 0.1) is 0 Å². The van der Waals surface area contributed by atoms with E-state index in [9.17, 15) is 4.79 Å². The van der Waals surface area contributed by atoms with Crippen LogP contribution in [0.3, 0.4) is 0 Å². The fraction of sp³-hybridized carbons (Fsp3) is 0.562. The Hall–Kier alpha value is -1.51. The molecular formula is C16H26N2O. The van der Waals surface area contributed by atoms with Crippen LogP contribution in [0.2, 0.25) is 0 Å². The fourth-order valence-electron chi connectivity index (χ4n) is 2.16. The number of rotatable bonds is 7. The molecule has 1 aromatic rings. The van der Waals surface area contributed by atoms with Crippen LogP contribution in [0.25, 0.3) is 0 Å². The van der Waals surface area contributed by atoms with E-state index in [4.69, 9.17) is 0 Å². The van der Waals surface area contributed by atoms with Gasteiger partial charge in [-0.2, -0.15) is 0 Å². The maximum atomic E-state index is 12.5. The molecule has 0 atom stereocenters. The first-order valence-corrected chi connectivity index (χ1v) is 7.30. The van der Waals surface area contributed by atoms with Crippen LogP contribution in [-0.2, 0) is 6.54 Å². The highest BCUT2D eigenvalue weighted by Crippen LogP contribution is 2.08. The summed E-state index contributed by atoms with van der Waals surface area (Å²) < 4.78 is 0. The van der Waals surface area contributed by atoms with Gasteiger partial charge in [-0.1, -0.05) is 44.2 Å². The van der Waals surface area contributed by atoms with Gasteiger partial charge >= 0.3 is 6.03 Å². The van der Waals surface area contributed by atoms with Crippen LogP contribution in [0.5, 0.6) is 0 Å². The monoisotopic (exact) mass is 262 g/mol. The van der Waals surface area contributed by atoms with Crippen molar-refractivity contribution in [3.63, 3.8) is 0 Å². The summed E-state index contributed by atoms with van der Waals surface area (Å²) in [5, 5.41) is 0. The van der Waals surface area contributed by atoms with Crippen molar-refractivity contribution in [3.8, 4) is 0 Å². The third-order valence-corrected chi connectivity index (χ3v) is 3.13. The fourth-order valence-corrected chi connectivity index (χ4v) is 2.16. The molecule has 0 aromatic heterocycles. The molecule has 0 fully saturated rings. The van der Waals surface area contributed by atoms with E-state index in [1.54, 1.807) is 0 Å². The quantitative estimate of drug-likeness (QED) is 0.734. The summed E-state index contributed by atoms with van der Waals surface area (Å²) in [5.41, 5.74) is 1.19. The van der Waals surface area contributed by atoms with E-state index >= 15 is 0 Å². The van der Waals surface area contributed by atoms with Crippen LogP contribution in [0.4, 0.5) is 4.79 Å². The van der Waals surface area contributed by atoms with Crippen LogP contribution in [0.1, 0.15) is 39.2 Å². The number of urea groups is 1. The third-order valence-electron chi connectivity index (χ3n) is 3.13. The van der Waals surface area contributed by atoms with Gasteiger partial charge in [-0.15, -0.1) is 0 Å². The first kappa shape index (κ1) is 15.5. The van der Waals surface area contributed by atoms with E-state index in [0.717, 1.165) is 32.5 Å². The minimum atomic E-state index is 0.162.